The quantitative estimate of drug-likeness (QED) is 0.730. The molecule has 1 heterocycles. The Morgan fingerprint density at radius 3 is 2.74 bits per heavy atom. The number of aryl methyl sites for hydroxylation is 1. The zero-order chi connectivity index (χ0) is 19.2. The van der Waals surface area contributed by atoms with E-state index >= 15 is 0 Å². The summed E-state index contributed by atoms with van der Waals surface area (Å²) < 4.78 is 5.76. The number of carbonyl (C=O) groups is 2. The van der Waals surface area contributed by atoms with E-state index < -0.39 is 0 Å². The Bertz CT molecular complexity index is 821. The zero-order valence-corrected chi connectivity index (χ0v) is 16.1. The van der Waals surface area contributed by atoms with Gasteiger partial charge in [0.15, 0.2) is 0 Å². The fourth-order valence-corrected chi connectivity index (χ4v) is 3.13. The molecule has 3 rings (SSSR count). The molecule has 2 aromatic carbocycles. The summed E-state index contributed by atoms with van der Waals surface area (Å²) in [5, 5.41) is 3.54. The summed E-state index contributed by atoms with van der Waals surface area (Å²) in [6.45, 7) is 1.04. The molecule has 0 radical (unpaired) electrons. The van der Waals surface area contributed by atoms with Gasteiger partial charge in [0.05, 0.1) is 6.61 Å². The highest BCUT2D eigenvalue weighted by atomic mass is 35.5. The van der Waals surface area contributed by atoms with Crippen LogP contribution in [-0.2, 0) is 22.6 Å². The molecule has 1 aliphatic rings. The molecule has 0 aliphatic carbocycles. The topological polar surface area (TPSA) is 58.6 Å². The van der Waals surface area contributed by atoms with Crippen LogP contribution in [0, 0.1) is 0 Å². The number of carbonyl (C=O) groups excluding carboxylic acids is 2. The van der Waals surface area contributed by atoms with Gasteiger partial charge < -0.3 is 15.0 Å². The maximum absolute atomic E-state index is 12.3. The number of amides is 2. The van der Waals surface area contributed by atoms with Crippen molar-refractivity contribution in [3.05, 3.63) is 58.6 Å². The number of halogens is 1. The average Bonchev–Trinajstić information content (AvgIpc) is 2.66. The lowest BCUT2D eigenvalue weighted by atomic mass is 10.0. The van der Waals surface area contributed by atoms with Crippen LogP contribution in [0.3, 0.4) is 0 Å². The van der Waals surface area contributed by atoms with Crippen molar-refractivity contribution >= 4 is 29.1 Å². The van der Waals surface area contributed by atoms with Crippen molar-refractivity contribution in [2.45, 2.75) is 32.2 Å². The molecule has 0 spiro atoms. The third-order valence-corrected chi connectivity index (χ3v) is 4.79. The molecule has 0 fully saturated rings. The van der Waals surface area contributed by atoms with Crippen LogP contribution in [0.2, 0.25) is 5.02 Å². The summed E-state index contributed by atoms with van der Waals surface area (Å²) in [6.07, 6.45) is 2.32. The third-order valence-electron chi connectivity index (χ3n) is 4.53. The zero-order valence-electron chi connectivity index (χ0n) is 15.3. The lowest BCUT2D eigenvalue weighted by molar-refractivity contribution is -0.130. The maximum Gasteiger partial charge on any atom is 0.224 e. The Morgan fingerprint density at radius 1 is 1.19 bits per heavy atom. The minimum Gasteiger partial charge on any atom is -0.494 e. The van der Waals surface area contributed by atoms with E-state index in [1.807, 2.05) is 42.5 Å². The highest BCUT2D eigenvalue weighted by Crippen LogP contribution is 2.26. The van der Waals surface area contributed by atoms with E-state index in [0.717, 1.165) is 29.0 Å². The second kappa shape index (κ2) is 8.91. The van der Waals surface area contributed by atoms with Crippen molar-refractivity contribution in [1.29, 1.82) is 0 Å². The van der Waals surface area contributed by atoms with Gasteiger partial charge in [-0.05, 0) is 54.3 Å². The Morgan fingerprint density at radius 2 is 1.96 bits per heavy atom. The number of hydrogen-bond donors (Lipinski definition) is 1. The molecular formula is C21H23ClN2O3. The summed E-state index contributed by atoms with van der Waals surface area (Å²) in [5.41, 5.74) is 3.00. The minimum absolute atomic E-state index is 0.0531. The molecule has 0 saturated heterocycles. The minimum atomic E-state index is 0.0531. The molecule has 0 bridgehead atoms. The number of rotatable bonds is 7. The Hall–Kier alpha value is -2.53. The Labute approximate surface area is 164 Å². The SMILES string of the molecule is CN(Cc1ccc(Cl)cc1)C(=O)CCCOc1ccc2c(c1)CCC(=O)N2. The molecule has 0 unspecified atom stereocenters. The van der Waals surface area contributed by atoms with Gasteiger partial charge in [0, 0.05) is 37.1 Å². The van der Waals surface area contributed by atoms with Gasteiger partial charge in [-0.1, -0.05) is 23.7 Å². The Kier molecular flexibility index (Phi) is 6.35. The van der Waals surface area contributed by atoms with Crippen LogP contribution in [0.25, 0.3) is 0 Å². The van der Waals surface area contributed by atoms with Crippen LogP contribution in [0.1, 0.15) is 30.4 Å². The number of nitrogens with one attached hydrogen (secondary N) is 1. The molecule has 0 saturated carbocycles. The van der Waals surface area contributed by atoms with Gasteiger partial charge in [0.2, 0.25) is 11.8 Å². The summed E-state index contributed by atoms with van der Waals surface area (Å²) in [6, 6.07) is 13.2. The van der Waals surface area contributed by atoms with E-state index in [1.165, 1.54) is 0 Å². The molecule has 1 aliphatic heterocycles. The summed E-state index contributed by atoms with van der Waals surface area (Å²) in [7, 11) is 1.80. The van der Waals surface area contributed by atoms with Crippen LogP contribution in [-0.4, -0.2) is 30.4 Å². The van der Waals surface area contributed by atoms with Crippen LogP contribution in [0.5, 0.6) is 5.75 Å². The highest BCUT2D eigenvalue weighted by molar-refractivity contribution is 6.30. The number of anilines is 1. The third kappa shape index (κ3) is 5.47. The second-order valence-corrected chi connectivity index (χ2v) is 7.13. The molecule has 2 amide bonds. The van der Waals surface area contributed by atoms with Gasteiger partial charge in [-0.3, -0.25) is 9.59 Å². The van der Waals surface area contributed by atoms with Crippen LogP contribution >= 0.6 is 11.6 Å². The van der Waals surface area contributed by atoms with Crippen LogP contribution in [0.4, 0.5) is 5.69 Å². The van der Waals surface area contributed by atoms with Gasteiger partial charge in [0.25, 0.3) is 0 Å². The molecule has 27 heavy (non-hydrogen) atoms. The normalized spacial score (nSPS) is 12.9. The molecule has 142 valence electrons. The molecule has 5 nitrogen and oxygen atoms in total. The predicted molar refractivity (Wildman–Crippen MR) is 106 cm³/mol. The number of hydrogen-bond acceptors (Lipinski definition) is 3. The van der Waals surface area contributed by atoms with Crippen molar-refractivity contribution < 1.29 is 14.3 Å². The second-order valence-electron chi connectivity index (χ2n) is 6.70. The van der Waals surface area contributed by atoms with Crippen molar-refractivity contribution in [1.82, 2.24) is 4.90 Å². The van der Waals surface area contributed by atoms with Crippen LogP contribution in [0.15, 0.2) is 42.5 Å². The lowest BCUT2D eigenvalue weighted by Gasteiger charge is -2.18. The smallest absolute Gasteiger partial charge is 0.224 e. The largest absolute Gasteiger partial charge is 0.494 e. The maximum atomic E-state index is 12.3. The number of benzene rings is 2. The lowest BCUT2D eigenvalue weighted by Crippen LogP contribution is -2.26. The first-order valence-corrected chi connectivity index (χ1v) is 9.43. The van der Waals surface area contributed by atoms with Gasteiger partial charge in [-0.2, -0.15) is 0 Å². The average molecular weight is 387 g/mol. The molecule has 6 heteroatoms. The van der Waals surface area contributed by atoms with Gasteiger partial charge in [-0.25, -0.2) is 0 Å². The fraction of sp³-hybridized carbons (Fsp3) is 0.333. The van der Waals surface area contributed by atoms with E-state index in [2.05, 4.69) is 5.32 Å². The van der Waals surface area contributed by atoms with E-state index in [-0.39, 0.29) is 11.8 Å². The van der Waals surface area contributed by atoms with E-state index in [1.54, 1.807) is 11.9 Å². The summed E-state index contributed by atoms with van der Waals surface area (Å²) in [4.78, 5) is 25.4. The molecule has 2 aromatic rings. The van der Waals surface area contributed by atoms with Gasteiger partial charge in [-0.15, -0.1) is 0 Å². The number of fused-ring (bicyclic) bond motifs is 1. The van der Waals surface area contributed by atoms with E-state index in [9.17, 15) is 9.59 Å². The van der Waals surface area contributed by atoms with E-state index in [4.69, 9.17) is 16.3 Å². The number of nitrogens with zero attached hydrogens (tertiary/aromatic N) is 1. The molecule has 1 N–H and O–H groups in total. The summed E-state index contributed by atoms with van der Waals surface area (Å²) in [5.74, 6) is 0.908. The highest BCUT2D eigenvalue weighted by Gasteiger charge is 2.15. The first kappa shape index (κ1) is 19.2. The molecule has 0 aromatic heterocycles. The fourth-order valence-electron chi connectivity index (χ4n) is 3.01. The number of ether oxygens (including phenoxy) is 1. The van der Waals surface area contributed by atoms with Crippen molar-refractivity contribution in [2.24, 2.45) is 0 Å². The standard InChI is InChI=1S/C21H23ClN2O3/c1-24(14-15-4-7-17(22)8-5-15)21(26)3-2-12-27-18-9-10-19-16(13-18)6-11-20(25)23-19/h4-5,7-10,13H,2-3,6,11-12,14H2,1H3,(H,23,25). The van der Waals surface area contributed by atoms with Crippen molar-refractivity contribution in [2.75, 3.05) is 19.0 Å². The van der Waals surface area contributed by atoms with E-state index in [0.29, 0.717) is 37.4 Å². The first-order chi connectivity index (χ1) is 13.0. The van der Waals surface area contributed by atoms with Crippen LogP contribution < -0.4 is 10.1 Å². The van der Waals surface area contributed by atoms with Gasteiger partial charge >= 0.3 is 0 Å². The monoisotopic (exact) mass is 386 g/mol. The van der Waals surface area contributed by atoms with Crippen molar-refractivity contribution in [3.8, 4) is 5.75 Å². The molecule has 0 atom stereocenters. The summed E-state index contributed by atoms with van der Waals surface area (Å²) >= 11 is 5.88. The molecular weight excluding hydrogens is 364 g/mol. The van der Waals surface area contributed by atoms with Crippen molar-refractivity contribution in [3.63, 3.8) is 0 Å². The van der Waals surface area contributed by atoms with Gasteiger partial charge in [0.1, 0.15) is 5.75 Å². The first-order valence-electron chi connectivity index (χ1n) is 9.05. The predicted octanol–water partition coefficient (Wildman–Crippen LogP) is 4.04. The Balaban J connectivity index is 1.41.